The summed E-state index contributed by atoms with van der Waals surface area (Å²) in [5, 5.41) is 8.82. The van der Waals surface area contributed by atoms with Crippen molar-refractivity contribution in [2.24, 2.45) is 0 Å². The van der Waals surface area contributed by atoms with Crippen LogP contribution in [-0.2, 0) is 6.42 Å². The Morgan fingerprint density at radius 3 is 2.91 bits per heavy atom. The first kappa shape index (κ1) is 14.5. The van der Waals surface area contributed by atoms with Gasteiger partial charge in [-0.05, 0) is 29.8 Å². The number of hydrogen-bond acceptors (Lipinski definition) is 3. The van der Waals surface area contributed by atoms with Crippen LogP contribution in [-0.4, -0.2) is 21.1 Å². The van der Waals surface area contributed by atoms with E-state index in [4.69, 9.17) is 16.8 Å². The number of carbonyl (C=O) groups is 1. The zero-order valence-electron chi connectivity index (χ0n) is 11.2. The Kier molecular flexibility index (Phi) is 3.79. The first-order valence-corrected chi connectivity index (χ1v) is 6.81. The van der Waals surface area contributed by atoms with Crippen LogP contribution >= 0.6 is 11.6 Å². The molecule has 0 aliphatic rings. The third-order valence-corrected chi connectivity index (χ3v) is 3.59. The summed E-state index contributed by atoms with van der Waals surface area (Å²) in [6.07, 6.45) is 1.97. The van der Waals surface area contributed by atoms with Crippen molar-refractivity contribution < 1.29 is 14.4 Å². The van der Waals surface area contributed by atoms with Gasteiger partial charge in [0.05, 0.1) is 21.6 Å². The predicted molar refractivity (Wildman–Crippen MR) is 79.6 cm³/mol. The van der Waals surface area contributed by atoms with E-state index in [1.165, 1.54) is 18.3 Å². The van der Waals surface area contributed by atoms with Gasteiger partial charge in [0.2, 0.25) is 0 Å². The summed E-state index contributed by atoms with van der Waals surface area (Å²) in [5.41, 5.74) is 4.63. The van der Waals surface area contributed by atoms with E-state index in [9.17, 15) is 9.18 Å². The number of aromatic amines is 1. The average Bonchev–Trinajstić information content (AvgIpc) is 2.92. The molecule has 0 unspecified atom stereocenters. The Hall–Kier alpha value is -2.44. The number of benzene rings is 1. The molecule has 0 radical (unpaired) electrons. The van der Waals surface area contributed by atoms with Crippen molar-refractivity contribution in [1.29, 1.82) is 0 Å². The summed E-state index contributed by atoms with van der Waals surface area (Å²) < 4.78 is 13.2. The summed E-state index contributed by atoms with van der Waals surface area (Å²) in [6.45, 7) is 0. The minimum Gasteiger partial charge on any atom is -0.356 e. The van der Waals surface area contributed by atoms with E-state index in [-0.39, 0.29) is 10.6 Å². The average molecular weight is 320 g/mol. The Balaban J connectivity index is 1.98. The molecule has 3 aromatic rings. The third-order valence-electron chi connectivity index (χ3n) is 3.30. The number of nitrogens with zero attached hydrogens (tertiary/aromatic N) is 1. The number of fused-ring (bicyclic) bond motifs is 1. The number of pyridine rings is 1. The Morgan fingerprint density at radius 1 is 1.36 bits per heavy atom. The van der Waals surface area contributed by atoms with Crippen molar-refractivity contribution in [2.75, 3.05) is 0 Å². The number of hydrogen-bond donors (Lipinski definition) is 3. The number of amides is 1. The first-order chi connectivity index (χ1) is 10.6. The van der Waals surface area contributed by atoms with Crippen LogP contribution in [0.1, 0.15) is 21.6 Å². The Morgan fingerprint density at radius 2 is 2.18 bits per heavy atom. The number of aromatic nitrogens is 2. The maximum atomic E-state index is 13.2. The van der Waals surface area contributed by atoms with Crippen molar-refractivity contribution in [3.63, 3.8) is 0 Å². The molecule has 0 spiro atoms. The molecule has 0 aliphatic carbocycles. The molecule has 7 heteroatoms. The summed E-state index contributed by atoms with van der Waals surface area (Å²) in [5.74, 6) is -1.09. The van der Waals surface area contributed by atoms with E-state index in [1.807, 2.05) is 0 Å². The van der Waals surface area contributed by atoms with Gasteiger partial charge in [-0.2, -0.15) is 0 Å². The first-order valence-electron chi connectivity index (χ1n) is 6.43. The number of halogens is 2. The molecule has 2 heterocycles. The SMILES string of the molecule is O=C(NO)c1ccnc2cc(Cc3ccc(F)c(Cl)c3)[nH]c12. The summed E-state index contributed by atoms with van der Waals surface area (Å²) in [7, 11) is 0. The van der Waals surface area contributed by atoms with Gasteiger partial charge in [-0.25, -0.2) is 9.87 Å². The van der Waals surface area contributed by atoms with Crippen LogP contribution in [0.25, 0.3) is 11.0 Å². The normalized spacial score (nSPS) is 10.9. The molecule has 1 amide bonds. The van der Waals surface area contributed by atoms with Crippen LogP contribution in [0.3, 0.4) is 0 Å². The van der Waals surface area contributed by atoms with Gasteiger partial charge in [-0.1, -0.05) is 17.7 Å². The molecule has 0 fully saturated rings. The van der Waals surface area contributed by atoms with Crippen molar-refractivity contribution >= 4 is 28.5 Å². The van der Waals surface area contributed by atoms with Gasteiger partial charge in [0, 0.05) is 18.3 Å². The molecule has 0 atom stereocenters. The largest absolute Gasteiger partial charge is 0.356 e. The smallest absolute Gasteiger partial charge is 0.276 e. The second-order valence-electron chi connectivity index (χ2n) is 4.78. The van der Waals surface area contributed by atoms with Crippen molar-refractivity contribution in [3.05, 3.63) is 64.2 Å². The fourth-order valence-electron chi connectivity index (χ4n) is 2.29. The fraction of sp³-hybridized carbons (Fsp3) is 0.0667. The fourth-order valence-corrected chi connectivity index (χ4v) is 2.50. The monoisotopic (exact) mass is 319 g/mol. The highest BCUT2D eigenvalue weighted by Crippen LogP contribution is 2.21. The quantitative estimate of drug-likeness (QED) is 0.513. The number of H-pyrrole nitrogens is 1. The lowest BCUT2D eigenvalue weighted by Gasteiger charge is -2.01. The molecule has 0 bridgehead atoms. The molecule has 0 saturated carbocycles. The number of nitrogens with one attached hydrogen (secondary N) is 2. The van der Waals surface area contributed by atoms with E-state index in [0.717, 1.165) is 11.3 Å². The minimum absolute atomic E-state index is 0.0621. The molecule has 112 valence electrons. The number of rotatable bonds is 3. The lowest BCUT2D eigenvalue weighted by Crippen LogP contribution is -2.19. The van der Waals surface area contributed by atoms with Crippen molar-refractivity contribution in [3.8, 4) is 0 Å². The molecule has 1 aromatic carbocycles. The molecule has 0 aliphatic heterocycles. The minimum atomic E-state index is -0.620. The van der Waals surface area contributed by atoms with Crippen LogP contribution in [0, 0.1) is 5.82 Å². The van der Waals surface area contributed by atoms with E-state index >= 15 is 0 Å². The van der Waals surface area contributed by atoms with Crippen molar-refractivity contribution in [2.45, 2.75) is 6.42 Å². The molecule has 3 rings (SSSR count). The highest BCUT2D eigenvalue weighted by atomic mass is 35.5. The molecular weight excluding hydrogens is 309 g/mol. The zero-order valence-corrected chi connectivity index (χ0v) is 12.0. The molecule has 0 saturated heterocycles. The lowest BCUT2D eigenvalue weighted by molar-refractivity contribution is 0.0708. The van der Waals surface area contributed by atoms with Crippen molar-refractivity contribution in [1.82, 2.24) is 15.4 Å². The van der Waals surface area contributed by atoms with Gasteiger partial charge < -0.3 is 4.98 Å². The maximum absolute atomic E-state index is 13.2. The van der Waals surface area contributed by atoms with Crippen LogP contribution in [0.15, 0.2) is 36.5 Å². The zero-order chi connectivity index (χ0) is 15.7. The van der Waals surface area contributed by atoms with Crippen LogP contribution in [0.4, 0.5) is 4.39 Å². The number of hydroxylamine groups is 1. The van der Waals surface area contributed by atoms with Crippen LogP contribution in [0.5, 0.6) is 0 Å². The highest BCUT2D eigenvalue weighted by Gasteiger charge is 2.13. The molecule has 2 aromatic heterocycles. The molecule has 3 N–H and O–H groups in total. The lowest BCUT2D eigenvalue weighted by atomic mass is 10.1. The second kappa shape index (κ2) is 5.75. The standard InChI is InChI=1S/C15H11ClFN3O2/c16-11-6-8(1-2-12(11)17)5-9-7-13-14(19-9)10(3-4-18-13)15(21)20-22/h1-4,6-7,19,22H,5H2,(H,20,21). The summed E-state index contributed by atoms with van der Waals surface area (Å²) >= 11 is 5.77. The third kappa shape index (κ3) is 2.66. The van der Waals surface area contributed by atoms with Gasteiger partial charge in [0.1, 0.15) is 5.82 Å². The number of carbonyl (C=O) groups excluding carboxylic acids is 1. The van der Waals surface area contributed by atoms with Crippen LogP contribution in [0.2, 0.25) is 5.02 Å². The topological polar surface area (TPSA) is 78.0 Å². The van der Waals surface area contributed by atoms with Gasteiger partial charge in [-0.15, -0.1) is 0 Å². The highest BCUT2D eigenvalue weighted by molar-refractivity contribution is 6.30. The Bertz CT molecular complexity index is 863. The van der Waals surface area contributed by atoms with Crippen LogP contribution < -0.4 is 5.48 Å². The maximum Gasteiger partial charge on any atom is 0.276 e. The molecule has 5 nitrogen and oxygen atoms in total. The van der Waals surface area contributed by atoms with Gasteiger partial charge in [0.25, 0.3) is 5.91 Å². The Labute approximate surface area is 129 Å². The molecular formula is C15H11ClFN3O2. The van der Waals surface area contributed by atoms with Gasteiger partial charge >= 0.3 is 0 Å². The molecule has 22 heavy (non-hydrogen) atoms. The van der Waals surface area contributed by atoms with Gasteiger partial charge in [0.15, 0.2) is 0 Å². The summed E-state index contributed by atoms with van der Waals surface area (Å²) in [4.78, 5) is 18.9. The second-order valence-corrected chi connectivity index (χ2v) is 5.19. The van der Waals surface area contributed by atoms with E-state index < -0.39 is 11.7 Å². The van der Waals surface area contributed by atoms with E-state index in [0.29, 0.717) is 17.5 Å². The van der Waals surface area contributed by atoms with E-state index in [2.05, 4.69) is 9.97 Å². The van der Waals surface area contributed by atoms with E-state index in [1.54, 1.807) is 23.7 Å². The van der Waals surface area contributed by atoms with Gasteiger partial charge in [-0.3, -0.25) is 15.0 Å². The summed E-state index contributed by atoms with van der Waals surface area (Å²) in [6, 6.07) is 7.80. The predicted octanol–water partition coefficient (Wildman–Crippen LogP) is 3.07.